The Balaban J connectivity index is 1.41. The quantitative estimate of drug-likeness (QED) is 0.678. The number of fused-ring (bicyclic) bond motifs is 1. The molecule has 8 nitrogen and oxygen atoms in total. The van der Waals surface area contributed by atoms with E-state index in [4.69, 9.17) is 9.47 Å². The van der Waals surface area contributed by atoms with Crippen molar-refractivity contribution in [1.82, 2.24) is 15.5 Å². The van der Waals surface area contributed by atoms with E-state index in [0.717, 1.165) is 47.5 Å². The Labute approximate surface area is 182 Å². The van der Waals surface area contributed by atoms with Crippen molar-refractivity contribution in [1.29, 1.82) is 0 Å². The Morgan fingerprint density at radius 2 is 2.13 bits per heavy atom. The van der Waals surface area contributed by atoms with Crippen LogP contribution >= 0.6 is 0 Å². The first-order chi connectivity index (χ1) is 14.8. The van der Waals surface area contributed by atoms with Crippen molar-refractivity contribution in [2.24, 2.45) is 5.92 Å². The standard InChI is InChI=1S/C23H31N3O5/c1-4-30-18-10-16-9-15(3)31-19(16)11-17(18)12-24-20(27)13-26-21(28)23(25-22(26)29)8-6-5-7-14(23)2/h10-11,14-15H,4-9,12-13H2,1-3H3,(H,24,27)(H,25,29)/t14-,15+,23+/m1/s1. The maximum atomic E-state index is 13.0. The summed E-state index contributed by atoms with van der Waals surface area (Å²) in [5, 5.41) is 5.70. The highest BCUT2D eigenvalue weighted by Crippen LogP contribution is 2.38. The number of nitrogens with one attached hydrogen (secondary N) is 2. The molecule has 1 aromatic carbocycles. The molecule has 2 heterocycles. The minimum atomic E-state index is -0.855. The molecule has 168 valence electrons. The molecule has 2 N–H and O–H groups in total. The third-order valence-corrected chi connectivity index (χ3v) is 6.66. The molecule has 0 aromatic heterocycles. The fourth-order valence-corrected chi connectivity index (χ4v) is 4.94. The molecule has 0 bridgehead atoms. The average molecular weight is 430 g/mol. The molecule has 31 heavy (non-hydrogen) atoms. The summed E-state index contributed by atoms with van der Waals surface area (Å²) in [5.74, 6) is 0.913. The summed E-state index contributed by atoms with van der Waals surface area (Å²) >= 11 is 0. The van der Waals surface area contributed by atoms with Crippen molar-refractivity contribution in [3.63, 3.8) is 0 Å². The first kappa shape index (κ1) is 21.5. The summed E-state index contributed by atoms with van der Waals surface area (Å²) < 4.78 is 11.6. The topological polar surface area (TPSA) is 97.0 Å². The largest absolute Gasteiger partial charge is 0.494 e. The lowest BCUT2D eigenvalue weighted by atomic mass is 9.73. The summed E-state index contributed by atoms with van der Waals surface area (Å²) in [4.78, 5) is 39.2. The number of nitrogens with zero attached hydrogens (tertiary/aromatic N) is 1. The van der Waals surface area contributed by atoms with E-state index < -0.39 is 11.6 Å². The van der Waals surface area contributed by atoms with Crippen LogP contribution in [0, 0.1) is 5.92 Å². The molecule has 2 aliphatic heterocycles. The second-order valence-electron chi connectivity index (χ2n) is 8.85. The van der Waals surface area contributed by atoms with E-state index in [1.165, 1.54) is 0 Å². The van der Waals surface area contributed by atoms with Crippen LogP contribution in [0.5, 0.6) is 11.5 Å². The Morgan fingerprint density at radius 3 is 2.87 bits per heavy atom. The van der Waals surface area contributed by atoms with Gasteiger partial charge in [-0.1, -0.05) is 19.8 Å². The predicted molar refractivity (Wildman–Crippen MR) is 114 cm³/mol. The summed E-state index contributed by atoms with van der Waals surface area (Å²) in [6.07, 6.45) is 4.42. The Morgan fingerprint density at radius 1 is 1.32 bits per heavy atom. The summed E-state index contributed by atoms with van der Waals surface area (Å²) in [6, 6.07) is 3.38. The molecule has 0 radical (unpaired) electrons. The van der Waals surface area contributed by atoms with Crippen LogP contribution < -0.4 is 20.1 Å². The van der Waals surface area contributed by atoms with E-state index in [2.05, 4.69) is 10.6 Å². The Hall–Kier alpha value is -2.77. The number of imide groups is 1. The molecular formula is C23H31N3O5. The van der Waals surface area contributed by atoms with Crippen molar-refractivity contribution in [2.75, 3.05) is 13.2 Å². The van der Waals surface area contributed by atoms with E-state index >= 15 is 0 Å². The number of carbonyl (C=O) groups excluding carboxylic acids is 3. The van der Waals surface area contributed by atoms with Gasteiger partial charge in [-0.25, -0.2) is 4.79 Å². The van der Waals surface area contributed by atoms with Crippen molar-refractivity contribution >= 4 is 17.8 Å². The molecule has 1 aliphatic carbocycles. The molecule has 1 saturated carbocycles. The van der Waals surface area contributed by atoms with Crippen molar-refractivity contribution in [3.8, 4) is 11.5 Å². The van der Waals surface area contributed by atoms with Gasteiger partial charge in [0.2, 0.25) is 5.91 Å². The number of hydrogen-bond donors (Lipinski definition) is 2. The van der Waals surface area contributed by atoms with Crippen LogP contribution in [-0.2, 0) is 22.6 Å². The maximum Gasteiger partial charge on any atom is 0.325 e. The molecule has 4 rings (SSSR count). The molecule has 8 heteroatoms. The van der Waals surface area contributed by atoms with Crippen molar-refractivity contribution in [2.45, 2.75) is 71.1 Å². The number of carbonyl (C=O) groups is 3. The van der Waals surface area contributed by atoms with Crippen LogP contribution in [0.3, 0.4) is 0 Å². The number of ether oxygens (including phenoxy) is 2. The molecule has 2 fully saturated rings. The highest BCUT2D eigenvalue weighted by Gasteiger charge is 2.55. The van der Waals surface area contributed by atoms with Crippen LogP contribution in [0.2, 0.25) is 0 Å². The van der Waals surface area contributed by atoms with E-state index in [9.17, 15) is 14.4 Å². The third-order valence-electron chi connectivity index (χ3n) is 6.66. The number of rotatable bonds is 6. The Bertz CT molecular complexity index is 901. The van der Waals surface area contributed by atoms with Gasteiger partial charge in [0.15, 0.2) is 0 Å². The molecule has 1 saturated heterocycles. The van der Waals surface area contributed by atoms with Gasteiger partial charge in [0.1, 0.15) is 29.7 Å². The van der Waals surface area contributed by atoms with Crippen LogP contribution in [-0.4, -0.2) is 47.5 Å². The first-order valence-corrected chi connectivity index (χ1v) is 11.2. The molecule has 1 spiro atoms. The maximum absolute atomic E-state index is 13.0. The van der Waals surface area contributed by atoms with Gasteiger partial charge in [0.25, 0.3) is 5.91 Å². The van der Waals surface area contributed by atoms with Crippen LogP contribution in [0.15, 0.2) is 12.1 Å². The van der Waals surface area contributed by atoms with E-state index in [-0.39, 0.29) is 36.9 Å². The smallest absolute Gasteiger partial charge is 0.325 e. The fourth-order valence-electron chi connectivity index (χ4n) is 4.94. The first-order valence-electron chi connectivity index (χ1n) is 11.2. The van der Waals surface area contributed by atoms with E-state index in [1.807, 2.05) is 32.9 Å². The molecule has 3 aliphatic rings. The molecular weight excluding hydrogens is 398 g/mol. The van der Waals surface area contributed by atoms with Crippen LogP contribution in [0.1, 0.15) is 57.6 Å². The second-order valence-corrected chi connectivity index (χ2v) is 8.85. The summed E-state index contributed by atoms with van der Waals surface area (Å²) in [5.41, 5.74) is 1.04. The Kier molecular flexibility index (Phi) is 5.81. The van der Waals surface area contributed by atoms with Gasteiger partial charge < -0.3 is 20.1 Å². The highest BCUT2D eigenvalue weighted by atomic mass is 16.5. The zero-order valence-corrected chi connectivity index (χ0v) is 18.5. The van der Waals surface area contributed by atoms with Crippen LogP contribution in [0.25, 0.3) is 0 Å². The zero-order valence-electron chi connectivity index (χ0n) is 18.5. The lowest BCUT2D eigenvalue weighted by Crippen LogP contribution is -2.54. The van der Waals surface area contributed by atoms with E-state index in [0.29, 0.717) is 18.8 Å². The van der Waals surface area contributed by atoms with Gasteiger partial charge in [-0.2, -0.15) is 0 Å². The molecule has 4 amide bonds. The van der Waals surface area contributed by atoms with Crippen molar-refractivity contribution < 1.29 is 23.9 Å². The summed E-state index contributed by atoms with van der Waals surface area (Å²) in [6.45, 7) is 6.37. The predicted octanol–water partition coefficient (Wildman–Crippen LogP) is 2.53. The lowest BCUT2D eigenvalue weighted by Gasteiger charge is -2.36. The normalized spacial score (nSPS) is 27.1. The third kappa shape index (κ3) is 3.95. The monoisotopic (exact) mass is 429 g/mol. The number of benzene rings is 1. The average Bonchev–Trinajstić information content (AvgIpc) is 3.20. The van der Waals surface area contributed by atoms with Gasteiger partial charge >= 0.3 is 6.03 Å². The fraction of sp³-hybridized carbons (Fsp3) is 0.609. The highest BCUT2D eigenvalue weighted by molar-refractivity contribution is 6.09. The summed E-state index contributed by atoms with van der Waals surface area (Å²) in [7, 11) is 0. The van der Waals surface area contributed by atoms with Gasteiger partial charge in [0, 0.05) is 24.1 Å². The zero-order chi connectivity index (χ0) is 22.2. The number of hydrogen-bond acceptors (Lipinski definition) is 5. The van der Waals surface area contributed by atoms with Crippen LogP contribution in [0.4, 0.5) is 4.79 Å². The lowest BCUT2D eigenvalue weighted by molar-refractivity contribution is -0.137. The minimum Gasteiger partial charge on any atom is -0.494 e. The van der Waals surface area contributed by atoms with Gasteiger partial charge in [0.05, 0.1) is 6.61 Å². The number of amides is 4. The van der Waals surface area contributed by atoms with Crippen molar-refractivity contribution in [3.05, 3.63) is 23.3 Å². The molecule has 0 unspecified atom stereocenters. The minimum absolute atomic E-state index is 0.0633. The molecule has 1 aromatic rings. The molecule has 3 atom stereocenters. The van der Waals surface area contributed by atoms with Gasteiger partial charge in [-0.15, -0.1) is 0 Å². The van der Waals surface area contributed by atoms with E-state index in [1.54, 1.807) is 0 Å². The van der Waals surface area contributed by atoms with Gasteiger partial charge in [-0.05, 0) is 44.7 Å². The van der Waals surface area contributed by atoms with Gasteiger partial charge in [-0.3, -0.25) is 14.5 Å². The second kappa shape index (κ2) is 8.40. The SMILES string of the molecule is CCOc1cc2c(cc1CNC(=O)CN1C(=O)N[C@]3(CCCC[C@H]3C)C1=O)O[C@@H](C)C2. The number of urea groups is 1.